The van der Waals surface area contributed by atoms with Gasteiger partial charge in [-0.2, -0.15) is 0 Å². The van der Waals surface area contributed by atoms with Crippen LogP contribution in [0.4, 0.5) is 0 Å². The molecule has 0 saturated carbocycles. The van der Waals surface area contributed by atoms with Crippen molar-refractivity contribution in [3.63, 3.8) is 0 Å². The molecule has 0 unspecified atom stereocenters. The molecule has 0 amide bonds. The van der Waals surface area contributed by atoms with Crippen LogP contribution in [0.2, 0.25) is 0 Å². The second-order valence-electron chi connectivity index (χ2n) is 3.23. The summed E-state index contributed by atoms with van der Waals surface area (Å²) in [5.41, 5.74) is 2.21. The third-order valence-electron chi connectivity index (χ3n) is 2.06. The van der Waals surface area contributed by atoms with E-state index in [-0.39, 0.29) is 6.10 Å². The molecule has 1 atom stereocenters. The molecule has 0 aromatic heterocycles. The number of rotatable bonds is 3. The summed E-state index contributed by atoms with van der Waals surface area (Å²) in [6, 6.07) is 8.00. The third-order valence-corrected chi connectivity index (χ3v) is 2.06. The van der Waals surface area contributed by atoms with Crippen LogP contribution < -0.4 is 0 Å². The van der Waals surface area contributed by atoms with Crippen LogP contribution in [0.3, 0.4) is 0 Å². The molecule has 0 aliphatic rings. The summed E-state index contributed by atoms with van der Waals surface area (Å²) in [6.45, 7) is 4.00. The van der Waals surface area contributed by atoms with Crippen LogP contribution in [0.15, 0.2) is 36.4 Å². The van der Waals surface area contributed by atoms with Crippen molar-refractivity contribution in [3.05, 3.63) is 47.5 Å². The van der Waals surface area contributed by atoms with Crippen LogP contribution in [0, 0.1) is 6.92 Å². The average Bonchev–Trinajstić information content (AvgIpc) is 2.15. The molecule has 0 saturated heterocycles. The van der Waals surface area contributed by atoms with Crippen molar-refractivity contribution < 1.29 is 5.11 Å². The lowest BCUT2D eigenvalue weighted by Crippen LogP contribution is -1.94. The van der Waals surface area contributed by atoms with Crippen molar-refractivity contribution in [3.8, 4) is 0 Å². The molecule has 0 aliphatic heterocycles. The maximum atomic E-state index is 9.69. The highest BCUT2D eigenvalue weighted by atomic mass is 16.3. The lowest BCUT2D eigenvalue weighted by Gasteiger charge is -2.07. The summed E-state index contributed by atoms with van der Waals surface area (Å²) in [4.78, 5) is 0. The molecule has 70 valence electrons. The number of allylic oxidation sites excluding steroid dienone is 1. The predicted octanol–water partition coefficient (Wildman–Crippen LogP) is 2.99. The molecule has 1 rings (SSSR count). The maximum absolute atomic E-state index is 9.69. The van der Waals surface area contributed by atoms with Gasteiger partial charge in [0.05, 0.1) is 6.10 Å². The summed E-state index contributed by atoms with van der Waals surface area (Å²) >= 11 is 0. The van der Waals surface area contributed by atoms with Crippen LogP contribution in [0.5, 0.6) is 0 Å². The SMILES string of the molecule is C/C=C/C[C@H](O)c1ccc(C)cc1. The van der Waals surface area contributed by atoms with Crippen LogP contribution in [-0.2, 0) is 0 Å². The van der Waals surface area contributed by atoms with Gasteiger partial charge in [0.2, 0.25) is 0 Å². The second-order valence-corrected chi connectivity index (χ2v) is 3.23. The van der Waals surface area contributed by atoms with Gasteiger partial charge in [-0.25, -0.2) is 0 Å². The fourth-order valence-corrected chi connectivity index (χ4v) is 1.19. The molecular weight excluding hydrogens is 160 g/mol. The van der Waals surface area contributed by atoms with Gasteiger partial charge >= 0.3 is 0 Å². The minimum atomic E-state index is -0.364. The van der Waals surface area contributed by atoms with Crippen molar-refractivity contribution in [1.29, 1.82) is 0 Å². The Morgan fingerprint density at radius 2 is 1.92 bits per heavy atom. The highest BCUT2D eigenvalue weighted by Gasteiger charge is 2.03. The third kappa shape index (κ3) is 3.03. The van der Waals surface area contributed by atoms with E-state index in [1.165, 1.54) is 5.56 Å². The molecule has 0 radical (unpaired) electrons. The van der Waals surface area contributed by atoms with Gasteiger partial charge in [0.15, 0.2) is 0 Å². The zero-order valence-electron chi connectivity index (χ0n) is 8.20. The van der Waals surface area contributed by atoms with Crippen molar-refractivity contribution in [2.24, 2.45) is 0 Å². The minimum Gasteiger partial charge on any atom is -0.388 e. The normalized spacial score (nSPS) is 13.5. The van der Waals surface area contributed by atoms with E-state index in [1.807, 2.05) is 50.3 Å². The van der Waals surface area contributed by atoms with E-state index in [0.29, 0.717) is 6.42 Å². The Balaban J connectivity index is 2.66. The molecule has 0 heterocycles. The zero-order valence-corrected chi connectivity index (χ0v) is 8.20. The quantitative estimate of drug-likeness (QED) is 0.702. The van der Waals surface area contributed by atoms with Gasteiger partial charge in [0.1, 0.15) is 0 Å². The number of aliphatic hydroxyl groups excluding tert-OH is 1. The number of hydrogen-bond acceptors (Lipinski definition) is 1. The van der Waals surface area contributed by atoms with E-state index in [4.69, 9.17) is 0 Å². The molecule has 0 spiro atoms. The average molecular weight is 176 g/mol. The molecule has 0 bridgehead atoms. The molecule has 13 heavy (non-hydrogen) atoms. The van der Waals surface area contributed by atoms with E-state index in [9.17, 15) is 5.11 Å². The first kappa shape index (κ1) is 10.0. The first-order valence-electron chi connectivity index (χ1n) is 4.60. The van der Waals surface area contributed by atoms with Crippen LogP contribution in [-0.4, -0.2) is 5.11 Å². The van der Waals surface area contributed by atoms with Crippen LogP contribution in [0.25, 0.3) is 0 Å². The van der Waals surface area contributed by atoms with Gasteiger partial charge in [-0.3, -0.25) is 0 Å². The van der Waals surface area contributed by atoms with Gasteiger partial charge < -0.3 is 5.11 Å². The number of benzene rings is 1. The van der Waals surface area contributed by atoms with Gasteiger partial charge in [0, 0.05) is 0 Å². The minimum absolute atomic E-state index is 0.364. The van der Waals surface area contributed by atoms with E-state index < -0.39 is 0 Å². The molecule has 1 nitrogen and oxygen atoms in total. The Labute approximate surface area is 79.7 Å². The first-order chi connectivity index (χ1) is 6.24. The largest absolute Gasteiger partial charge is 0.388 e. The lowest BCUT2D eigenvalue weighted by molar-refractivity contribution is 0.181. The van der Waals surface area contributed by atoms with Crippen molar-refractivity contribution in [1.82, 2.24) is 0 Å². The van der Waals surface area contributed by atoms with E-state index in [2.05, 4.69) is 0 Å². The van der Waals surface area contributed by atoms with Gasteiger partial charge in [-0.05, 0) is 25.8 Å². The lowest BCUT2D eigenvalue weighted by atomic mass is 10.1. The second kappa shape index (κ2) is 4.83. The zero-order chi connectivity index (χ0) is 9.68. The predicted molar refractivity (Wildman–Crippen MR) is 55.6 cm³/mol. The van der Waals surface area contributed by atoms with Gasteiger partial charge in [0.25, 0.3) is 0 Å². The number of hydrogen-bond donors (Lipinski definition) is 1. The number of aryl methyl sites for hydroxylation is 1. The molecule has 1 heteroatoms. The molecule has 1 N–H and O–H groups in total. The Hall–Kier alpha value is -1.08. The molecule has 0 fully saturated rings. The van der Waals surface area contributed by atoms with Crippen molar-refractivity contribution >= 4 is 0 Å². The summed E-state index contributed by atoms with van der Waals surface area (Å²) in [5, 5.41) is 9.69. The van der Waals surface area contributed by atoms with E-state index in [1.54, 1.807) is 0 Å². The number of aliphatic hydroxyl groups is 1. The Morgan fingerprint density at radius 1 is 1.31 bits per heavy atom. The standard InChI is InChI=1S/C12H16O/c1-3-4-5-12(13)11-8-6-10(2)7-9-11/h3-4,6-9,12-13H,5H2,1-2H3/b4-3+/t12-/m0/s1. The molecule has 1 aromatic rings. The Morgan fingerprint density at radius 3 is 2.46 bits per heavy atom. The van der Waals surface area contributed by atoms with Crippen molar-refractivity contribution in [2.75, 3.05) is 0 Å². The Bertz CT molecular complexity index is 272. The smallest absolute Gasteiger partial charge is 0.0824 e. The van der Waals surface area contributed by atoms with Crippen molar-refractivity contribution in [2.45, 2.75) is 26.4 Å². The highest BCUT2D eigenvalue weighted by molar-refractivity contribution is 5.23. The van der Waals surface area contributed by atoms with E-state index in [0.717, 1.165) is 5.56 Å². The van der Waals surface area contributed by atoms with Gasteiger partial charge in [-0.1, -0.05) is 42.0 Å². The highest BCUT2D eigenvalue weighted by Crippen LogP contribution is 2.17. The molecule has 0 aliphatic carbocycles. The monoisotopic (exact) mass is 176 g/mol. The van der Waals surface area contributed by atoms with Crippen LogP contribution >= 0.6 is 0 Å². The summed E-state index contributed by atoms with van der Waals surface area (Å²) in [5.74, 6) is 0. The Kier molecular flexibility index (Phi) is 3.71. The summed E-state index contributed by atoms with van der Waals surface area (Å²) in [6.07, 6.45) is 4.26. The van der Waals surface area contributed by atoms with Gasteiger partial charge in [-0.15, -0.1) is 0 Å². The first-order valence-corrected chi connectivity index (χ1v) is 4.60. The summed E-state index contributed by atoms with van der Waals surface area (Å²) < 4.78 is 0. The molecule has 1 aromatic carbocycles. The van der Waals surface area contributed by atoms with E-state index >= 15 is 0 Å². The van der Waals surface area contributed by atoms with Crippen LogP contribution in [0.1, 0.15) is 30.6 Å². The fourth-order valence-electron chi connectivity index (χ4n) is 1.19. The fraction of sp³-hybridized carbons (Fsp3) is 0.333. The summed E-state index contributed by atoms with van der Waals surface area (Å²) in [7, 11) is 0. The molecular formula is C12H16O. The topological polar surface area (TPSA) is 20.2 Å². The maximum Gasteiger partial charge on any atom is 0.0824 e.